The van der Waals surface area contributed by atoms with E-state index in [1.807, 2.05) is 18.5 Å². The Balaban J connectivity index is 2.86. The summed E-state index contributed by atoms with van der Waals surface area (Å²) in [4.78, 5) is 8.35. The molecule has 0 radical (unpaired) electrons. The molecule has 0 N–H and O–H groups in total. The fraction of sp³-hybridized carbons (Fsp3) is 0. The van der Waals surface area contributed by atoms with Gasteiger partial charge in [-0.15, -0.1) is 0 Å². The molecule has 0 unspecified atom stereocenters. The van der Waals surface area contributed by atoms with Gasteiger partial charge in [-0.1, -0.05) is 0 Å². The van der Waals surface area contributed by atoms with E-state index in [1.165, 1.54) is 0 Å². The van der Waals surface area contributed by atoms with E-state index in [9.17, 15) is 0 Å². The molecule has 0 aliphatic rings. The van der Waals surface area contributed by atoms with Gasteiger partial charge in [-0.05, 0) is 0 Å². The summed E-state index contributed by atoms with van der Waals surface area (Å²) in [5, 5.41) is 0. The first-order valence-electron chi connectivity index (χ1n) is 3.02. The SMILES string of the molecule is Brc1ccc2c(nc[n]2[Tl])n1. The van der Waals surface area contributed by atoms with E-state index in [2.05, 4.69) is 28.3 Å². The molecular formula is C6H3BrN3Tl. The van der Waals surface area contributed by atoms with Gasteiger partial charge in [0.05, 0.1) is 0 Å². The summed E-state index contributed by atoms with van der Waals surface area (Å²) in [5.74, 6) is 0. The van der Waals surface area contributed by atoms with E-state index in [0.717, 1.165) is 41.8 Å². The molecule has 0 aromatic carbocycles. The van der Waals surface area contributed by atoms with E-state index in [4.69, 9.17) is 0 Å². The second kappa shape index (κ2) is 2.82. The molecule has 0 aliphatic carbocycles. The van der Waals surface area contributed by atoms with Gasteiger partial charge in [0.1, 0.15) is 0 Å². The van der Waals surface area contributed by atoms with Crippen molar-refractivity contribution in [2.45, 2.75) is 0 Å². The van der Waals surface area contributed by atoms with Crippen LogP contribution in [0.3, 0.4) is 0 Å². The van der Waals surface area contributed by atoms with Crippen molar-refractivity contribution in [1.82, 2.24) is 12.3 Å². The quantitative estimate of drug-likeness (QED) is 0.490. The molecule has 0 saturated carbocycles. The van der Waals surface area contributed by atoms with Crippen LogP contribution in [0.4, 0.5) is 0 Å². The van der Waals surface area contributed by atoms with Gasteiger partial charge in [0, 0.05) is 0 Å². The van der Waals surface area contributed by atoms with Crippen molar-refractivity contribution >= 4 is 53.2 Å². The zero-order chi connectivity index (χ0) is 7.84. The first kappa shape index (κ1) is 7.66. The average molecular weight is 401 g/mol. The summed E-state index contributed by atoms with van der Waals surface area (Å²) in [5.41, 5.74) is 1.94. The van der Waals surface area contributed by atoms with Gasteiger partial charge in [0.25, 0.3) is 0 Å². The second-order valence-corrected chi connectivity index (χ2v) is 5.10. The van der Waals surface area contributed by atoms with Crippen LogP contribution in [-0.4, -0.2) is 38.4 Å². The molecule has 2 aromatic rings. The van der Waals surface area contributed by atoms with Gasteiger partial charge >= 0.3 is 88.6 Å². The number of rotatable bonds is 0. The fourth-order valence-electron chi connectivity index (χ4n) is 0.894. The van der Waals surface area contributed by atoms with Crippen LogP contribution in [0.1, 0.15) is 0 Å². The Hall–Kier alpha value is 0.0221. The van der Waals surface area contributed by atoms with Crippen molar-refractivity contribution in [1.29, 1.82) is 0 Å². The third-order valence-electron chi connectivity index (χ3n) is 1.40. The van der Waals surface area contributed by atoms with E-state index >= 15 is 0 Å². The Morgan fingerprint density at radius 3 is 3.09 bits per heavy atom. The van der Waals surface area contributed by atoms with Crippen LogP contribution in [-0.2, 0) is 0 Å². The molecule has 0 spiro atoms. The number of hydrogen-bond acceptors (Lipinski definition) is 2. The summed E-state index contributed by atoms with van der Waals surface area (Å²) >= 11 is 4.05. The number of halogens is 1. The van der Waals surface area contributed by atoms with Crippen LogP contribution in [0.15, 0.2) is 23.1 Å². The monoisotopic (exact) mass is 401 g/mol. The summed E-state index contributed by atoms with van der Waals surface area (Å²) in [6, 6.07) is 3.96. The predicted octanol–water partition coefficient (Wildman–Crippen LogP) is 1.13. The average Bonchev–Trinajstić information content (AvgIpc) is 2.32. The summed E-state index contributed by atoms with van der Waals surface area (Å²) < 4.78 is 2.95. The summed E-state index contributed by atoms with van der Waals surface area (Å²) in [6.07, 6.45) is 1.83. The van der Waals surface area contributed by atoms with Gasteiger partial charge in [0.2, 0.25) is 0 Å². The third-order valence-corrected chi connectivity index (χ3v) is 3.44. The standard InChI is InChI=1S/C6H3BrN3.Tl/c7-5-2-1-4-6(10-5)9-3-8-4;/h1-3H;/q-1;+1. The van der Waals surface area contributed by atoms with Crippen molar-refractivity contribution in [3.05, 3.63) is 23.1 Å². The van der Waals surface area contributed by atoms with Gasteiger partial charge in [0.15, 0.2) is 0 Å². The molecule has 52 valence electrons. The minimum absolute atomic E-state index is 0.757. The van der Waals surface area contributed by atoms with Gasteiger partial charge in [-0.2, -0.15) is 0 Å². The fourth-order valence-corrected chi connectivity index (χ4v) is 2.24. The Morgan fingerprint density at radius 1 is 1.45 bits per heavy atom. The van der Waals surface area contributed by atoms with Crippen LogP contribution in [0, 0.1) is 0 Å². The maximum absolute atomic E-state index is 4.21. The number of imidazole rings is 1. The number of hydrogen-bond donors (Lipinski definition) is 0. The zero-order valence-corrected chi connectivity index (χ0v) is 11.6. The molecule has 0 saturated heterocycles. The number of aromatic nitrogens is 3. The van der Waals surface area contributed by atoms with Crippen LogP contribution in [0.5, 0.6) is 0 Å². The minimum atomic E-state index is 0.757. The van der Waals surface area contributed by atoms with Crippen LogP contribution in [0.25, 0.3) is 11.2 Å². The van der Waals surface area contributed by atoms with Crippen molar-refractivity contribution in [2.75, 3.05) is 0 Å². The third kappa shape index (κ3) is 1.33. The van der Waals surface area contributed by atoms with Crippen LogP contribution < -0.4 is 0 Å². The summed E-state index contributed by atoms with van der Waals surface area (Å²) in [7, 11) is 0. The van der Waals surface area contributed by atoms with Crippen molar-refractivity contribution in [3.63, 3.8) is 0 Å². The molecule has 0 aliphatic heterocycles. The normalized spacial score (nSPS) is 10.5. The molecule has 0 bridgehead atoms. The van der Waals surface area contributed by atoms with Crippen molar-refractivity contribution < 1.29 is 0 Å². The molecular weight excluding hydrogens is 398 g/mol. The molecule has 3 nitrogen and oxygen atoms in total. The van der Waals surface area contributed by atoms with Gasteiger partial charge in [-0.3, -0.25) is 0 Å². The Bertz CT molecular complexity index is 398. The molecule has 2 heterocycles. The predicted molar refractivity (Wildman–Crippen MR) is 46.4 cm³/mol. The van der Waals surface area contributed by atoms with E-state index in [0.29, 0.717) is 0 Å². The van der Waals surface area contributed by atoms with Crippen molar-refractivity contribution in [3.8, 4) is 0 Å². The molecule has 0 fully saturated rings. The number of pyridine rings is 1. The van der Waals surface area contributed by atoms with Crippen LogP contribution in [0.2, 0.25) is 0 Å². The van der Waals surface area contributed by atoms with Gasteiger partial charge in [-0.25, -0.2) is 0 Å². The molecule has 5 heteroatoms. The first-order valence-corrected chi connectivity index (χ1v) is 5.82. The van der Waals surface area contributed by atoms with E-state index < -0.39 is 0 Å². The molecule has 2 aromatic heterocycles. The van der Waals surface area contributed by atoms with Crippen LogP contribution >= 0.6 is 15.9 Å². The Kier molecular flexibility index (Phi) is 1.96. The van der Waals surface area contributed by atoms with E-state index in [1.54, 1.807) is 0 Å². The number of fused-ring (bicyclic) bond motifs is 1. The van der Waals surface area contributed by atoms with Gasteiger partial charge < -0.3 is 0 Å². The zero-order valence-electron chi connectivity index (χ0n) is 5.53. The topological polar surface area (TPSA) is 30.7 Å². The molecule has 11 heavy (non-hydrogen) atoms. The summed E-state index contributed by atoms with van der Waals surface area (Å²) in [6.45, 7) is 0. The Morgan fingerprint density at radius 2 is 2.27 bits per heavy atom. The molecule has 0 amide bonds. The molecule has 0 atom stereocenters. The second-order valence-electron chi connectivity index (χ2n) is 2.13. The van der Waals surface area contributed by atoms with Crippen molar-refractivity contribution in [2.24, 2.45) is 0 Å². The maximum atomic E-state index is 4.21. The Labute approximate surface area is 88.1 Å². The number of nitrogens with zero attached hydrogens (tertiary/aromatic N) is 3. The first-order chi connectivity index (χ1) is 5.27. The molecule has 2 rings (SSSR count). The van der Waals surface area contributed by atoms with E-state index in [-0.39, 0.29) is 0 Å².